The van der Waals surface area contributed by atoms with Gasteiger partial charge >= 0.3 is 0 Å². The molecule has 1 aromatic heterocycles. The summed E-state index contributed by atoms with van der Waals surface area (Å²) in [6.45, 7) is 6.84. The van der Waals surface area contributed by atoms with Gasteiger partial charge in [-0.25, -0.2) is 0 Å². The zero-order valence-electron chi connectivity index (χ0n) is 12.2. The van der Waals surface area contributed by atoms with Crippen molar-refractivity contribution in [2.45, 2.75) is 39.7 Å². The van der Waals surface area contributed by atoms with E-state index in [1.54, 1.807) is 4.68 Å². The summed E-state index contributed by atoms with van der Waals surface area (Å²) in [6.07, 6.45) is 2.00. The van der Waals surface area contributed by atoms with E-state index in [-0.39, 0.29) is 6.61 Å². The summed E-state index contributed by atoms with van der Waals surface area (Å²) in [6, 6.07) is 0.343. The van der Waals surface area contributed by atoms with Crippen molar-refractivity contribution in [1.82, 2.24) is 9.78 Å². The highest BCUT2D eigenvalue weighted by atomic mass is 32.1. The van der Waals surface area contributed by atoms with Gasteiger partial charge in [0.1, 0.15) is 10.8 Å². The van der Waals surface area contributed by atoms with E-state index in [1.165, 1.54) is 0 Å². The molecule has 0 saturated heterocycles. The van der Waals surface area contributed by atoms with E-state index < -0.39 is 0 Å². The van der Waals surface area contributed by atoms with Gasteiger partial charge in [0.15, 0.2) is 0 Å². The summed E-state index contributed by atoms with van der Waals surface area (Å²) in [5, 5.41) is 13.7. The summed E-state index contributed by atoms with van der Waals surface area (Å²) in [5.41, 5.74) is 7.48. The van der Waals surface area contributed by atoms with Crippen LogP contribution in [0, 0.1) is 6.92 Å². The van der Waals surface area contributed by atoms with Crippen LogP contribution in [0.5, 0.6) is 0 Å². The monoisotopic (exact) mass is 284 g/mol. The van der Waals surface area contributed by atoms with E-state index >= 15 is 0 Å². The number of aliphatic hydroxyl groups excluding tert-OH is 1. The van der Waals surface area contributed by atoms with Crippen LogP contribution in [-0.2, 0) is 7.05 Å². The molecule has 19 heavy (non-hydrogen) atoms. The van der Waals surface area contributed by atoms with Gasteiger partial charge in [0.25, 0.3) is 0 Å². The van der Waals surface area contributed by atoms with E-state index in [0.717, 1.165) is 29.9 Å². The zero-order chi connectivity index (χ0) is 14.6. The molecule has 0 bridgehead atoms. The second kappa shape index (κ2) is 6.86. The highest BCUT2D eigenvalue weighted by molar-refractivity contribution is 7.80. The molecule has 0 atom stereocenters. The topological polar surface area (TPSA) is 67.3 Å². The van der Waals surface area contributed by atoms with Crippen molar-refractivity contribution in [3.05, 3.63) is 11.3 Å². The number of aromatic nitrogens is 2. The molecular weight excluding hydrogens is 260 g/mol. The first-order chi connectivity index (χ1) is 8.97. The molecule has 5 nitrogen and oxygen atoms in total. The van der Waals surface area contributed by atoms with Crippen molar-refractivity contribution in [2.75, 3.05) is 18.1 Å². The van der Waals surface area contributed by atoms with Crippen molar-refractivity contribution >= 4 is 23.0 Å². The Morgan fingerprint density at radius 1 is 1.47 bits per heavy atom. The summed E-state index contributed by atoms with van der Waals surface area (Å²) >= 11 is 5.15. The Hall–Kier alpha value is -1.14. The standard InChI is InChI=1S/C13H24N4OS/c1-5-10(6-2)17(7-8-18)13-11(12(14)19)9(3)15-16(13)4/h10,18H,5-8H2,1-4H3,(H2,14,19). The van der Waals surface area contributed by atoms with E-state index in [9.17, 15) is 5.11 Å². The average Bonchev–Trinajstić information content (AvgIpc) is 2.64. The van der Waals surface area contributed by atoms with E-state index in [1.807, 2.05) is 14.0 Å². The number of aliphatic hydroxyl groups is 1. The molecule has 3 N–H and O–H groups in total. The molecule has 0 aliphatic heterocycles. The number of rotatable bonds is 7. The van der Waals surface area contributed by atoms with Gasteiger partial charge in [-0.3, -0.25) is 4.68 Å². The summed E-state index contributed by atoms with van der Waals surface area (Å²) in [5.74, 6) is 0.910. The summed E-state index contributed by atoms with van der Waals surface area (Å²) in [4.78, 5) is 2.52. The fourth-order valence-corrected chi connectivity index (χ4v) is 2.80. The van der Waals surface area contributed by atoms with E-state index in [2.05, 4.69) is 23.8 Å². The Bertz CT molecular complexity index is 440. The molecule has 0 aliphatic rings. The SMILES string of the molecule is CCC(CC)N(CCO)c1c(C(N)=S)c(C)nn1C. The Morgan fingerprint density at radius 2 is 2.05 bits per heavy atom. The molecular formula is C13H24N4OS. The highest BCUT2D eigenvalue weighted by Crippen LogP contribution is 2.26. The fourth-order valence-electron chi connectivity index (χ4n) is 2.56. The first kappa shape index (κ1) is 15.9. The van der Waals surface area contributed by atoms with E-state index in [0.29, 0.717) is 17.6 Å². The highest BCUT2D eigenvalue weighted by Gasteiger charge is 2.24. The van der Waals surface area contributed by atoms with Gasteiger partial charge in [-0.15, -0.1) is 0 Å². The molecule has 1 heterocycles. The van der Waals surface area contributed by atoms with Crippen molar-refractivity contribution in [3.63, 3.8) is 0 Å². The van der Waals surface area contributed by atoms with Crippen LogP contribution in [0.2, 0.25) is 0 Å². The first-order valence-corrected chi connectivity index (χ1v) is 7.09. The van der Waals surface area contributed by atoms with Crippen LogP contribution in [-0.4, -0.2) is 39.1 Å². The third kappa shape index (κ3) is 3.25. The lowest BCUT2D eigenvalue weighted by Gasteiger charge is -2.32. The lowest BCUT2D eigenvalue weighted by molar-refractivity contribution is 0.295. The third-order valence-corrected chi connectivity index (χ3v) is 3.64. The van der Waals surface area contributed by atoms with Gasteiger partial charge in [0.2, 0.25) is 0 Å². The molecule has 0 unspecified atom stereocenters. The lowest BCUT2D eigenvalue weighted by atomic mass is 10.1. The molecule has 0 amide bonds. The van der Waals surface area contributed by atoms with Crippen LogP contribution < -0.4 is 10.6 Å². The number of nitrogens with two attached hydrogens (primary N) is 1. The Labute approximate surface area is 120 Å². The van der Waals surface area contributed by atoms with Crippen molar-refractivity contribution in [1.29, 1.82) is 0 Å². The van der Waals surface area contributed by atoms with Crippen LogP contribution in [0.3, 0.4) is 0 Å². The number of anilines is 1. The summed E-state index contributed by atoms with van der Waals surface area (Å²) < 4.78 is 1.80. The van der Waals surface area contributed by atoms with Crippen molar-refractivity contribution in [3.8, 4) is 0 Å². The molecule has 0 saturated carbocycles. The Kier molecular flexibility index (Phi) is 5.75. The second-order valence-electron chi connectivity index (χ2n) is 4.66. The van der Waals surface area contributed by atoms with Crippen molar-refractivity contribution in [2.24, 2.45) is 12.8 Å². The molecule has 108 valence electrons. The number of aryl methyl sites for hydroxylation is 2. The first-order valence-electron chi connectivity index (χ1n) is 6.68. The number of nitrogens with zero attached hydrogens (tertiary/aromatic N) is 3. The predicted octanol–water partition coefficient (Wildman–Crippen LogP) is 1.35. The molecule has 0 radical (unpaired) electrons. The van der Waals surface area contributed by atoms with Gasteiger partial charge < -0.3 is 15.7 Å². The average molecular weight is 284 g/mol. The predicted molar refractivity (Wildman–Crippen MR) is 82.6 cm³/mol. The summed E-state index contributed by atoms with van der Waals surface area (Å²) in [7, 11) is 1.89. The zero-order valence-corrected chi connectivity index (χ0v) is 13.0. The maximum absolute atomic E-state index is 9.33. The molecule has 0 spiro atoms. The number of thiocarbonyl (C=S) groups is 1. The molecule has 6 heteroatoms. The quantitative estimate of drug-likeness (QED) is 0.740. The molecule has 0 aromatic carbocycles. The van der Waals surface area contributed by atoms with Gasteiger partial charge in [0, 0.05) is 19.6 Å². The smallest absolute Gasteiger partial charge is 0.137 e. The van der Waals surface area contributed by atoms with Crippen LogP contribution in [0.4, 0.5) is 5.82 Å². The Balaban J connectivity index is 3.33. The van der Waals surface area contributed by atoms with Gasteiger partial charge in [0.05, 0.1) is 17.9 Å². The van der Waals surface area contributed by atoms with Crippen LogP contribution >= 0.6 is 12.2 Å². The van der Waals surface area contributed by atoms with Crippen LogP contribution in [0.1, 0.15) is 37.9 Å². The maximum Gasteiger partial charge on any atom is 0.137 e. The lowest BCUT2D eigenvalue weighted by Crippen LogP contribution is -2.39. The third-order valence-electron chi connectivity index (χ3n) is 3.43. The minimum atomic E-state index is 0.0947. The minimum Gasteiger partial charge on any atom is -0.395 e. The maximum atomic E-state index is 9.33. The normalized spacial score (nSPS) is 11.1. The molecule has 1 rings (SSSR count). The van der Waals surface area contributed by atoms with Gasteiger partial charge in [-0.05, 0) is 19.8 Å². The number of hydrogen-bond acceptors (Lipinski definition) is 4. The van der Waals surface area contributed by atoms with Crippen LogP contribution in [0.15, 0.2) is 0 Å². The number of hydrogen-bond donors (Lipinski definition) is 2. The molecule has 1 aromatic rings. The van der Waals surface area contributed by atoms with Gasteiger partial charge in [-0.1, -0.05) is 26.1 Å². The van der Waals surface area contributed by atoms with Gasteiger partial charge in [-0.2, -0.15) is 5.10 Å². The van der Waals surface area contributed by atoms with Crippen molar-refractivity contribution < 1.29 is 5.11 Å². The minimum absolute atomic E-state index is 0.0947. The Morgan fingerprint density at radius 3 is 2.47 bits per heavy atom. The van der Waals surface area contributed by atoms with E-state index in [4.69, 9.17) is 18.0 Å². The fraction of sp³-hybridized carbons (Fsp3) is 0.692. The molecule has 0 fully saturated rings. The van der Waals surface area contributed by atoms with Crippen LogP contribution in [0.25, 0.3) is 0 Å². The second-order valence-corrected chi connectivity index (χ2v) is 5.10. The molecule has 0 aliphatic carbocycles. The largest absolute Gasteiger partial charge is 0.395 e.